The van der Waals surface area contributed by atoms with Gasteiger partial charge in [0, 0.05) is 20.9 Å². The number of benzene rings is 1. The van der Waals surface area contributed by atoms with Gasteiger partial charge >= 0.3 is 0 Å². The number of carbonyl (C=O) groups is 1. The Morgan fingerprint density at radius 1 is 1.27 bits per heavy atom. The van der Waals surface area contributed by atoms with Crippen LogP contribution in [0.1, 0.15) is 36.1 Å². The van der Waals surface area contributed by atoms with Crippen molar-refractivity contribution < 1.29 is 4.79 Å². The summed E-state index contributed by atoms with van der Waals surface area (Å²) in [4.78, 5) is 17.4. The van der Waals surface area contributed by atoms with Crippen molar-refractivity contribution in [2.75, 3.05) is 5.32 Å². The minimum atomic E-state index is -0.207. The fourth-order valence-corrected chi connectivity index (χ4v) is 4.33. The van der Waals surface area contributed by atoms with Crippen LogP contribution in [0.3, 0.4) is 0 Å². The Balaban J connectivity index is 1.87. The minimum Gasteiger partial charge on any atom is -0.297 e. The topological polar surface area (TPSA) is 42.0 Å². The molecule has 1 N–H and O–H groups in total. The SMILES string of the molecule is CC(C)(C)c1csc(NC(=O)c2sc3ccccc3c2Cl)n1. The first-order chi connectivity index (χ1) is 10.4. The maximum absolute atomic E-state index is 12.4. The van der Waals surface area contributed by atoms with Crippen molar-refractivity contribution in [3.05, 3.63) is 45.2 Å². The fourth-order valence-electron chi connectivity index (χ4n) is 1.99. The molecule has 0 radical (unpaired) electrons. The summed E-state index contributed by atoms with van der Waals surface area (Å²) in [5, 5.41) is 6.84. The summed E-state index contributed by atoms with van der Waals surface area (Å²) in [7, 11) is 0. The molecule has 3 nitrogen and oxygen atoms in total. The highest BCUT2D eigenvalue weighted by atomic mass is 35.5. The molecule has 3 rings (SSSR count). The number of rotatable bonds is 2. The van der Waals surface area contributed by atoms with Crippen molar-refractivity contribution in [3.8, 4) is 0 Å². The van der Waals surface area contributed by atoms with Gasteiger partial charge in [-0.15, -0.1) is 22.7 Å². The maximum atomic E-state index is 12.4. The molecule has 0 aliphatic rings. The number of amides is 1. The van der Waals surface area contributed by atoms with E-state index in [9.17, 15) is 4.79 Å². The van der Waals surface area contributed by atoms with E-state index < -0.39 is 0 Å². The van der Waals surface area contributed by atoms with Crippen LogP contribution in [0, 0.1) is 0 Å². The zero-order valence-corrected chi connectivity index (χ0v) is 14.8. The van der Waals surface area contributed by atoms with Crippen LogP contribution < -0.4 is 5.32 Å². The Labute approximate surface area is 142 Å². The third kappa shape index (κ3) is 2.89. The van der Waals surface area contributed by atoms with Gasteiger partial charge in [-0.3, -0.25) is 10.1 Å². The molecule has 0 saturated carbocycles. The lowest BCUT2D eigenvalue weighted by Crippen LogP contribution is -2.13. The summed E-state index contributed by atoms with van der Waals surface area (Å²) in [5.74, 6) is -0.207. The highest BCUT2D eigenvalue weighted by Crippen LogP contribution is 2.36. The van der Waals surface area contributed by atoms with E-state index in [4.69, 9.17) is 11.6 Å². The van der Waals surface area contributed by atoms with Crippen molar-refractivity contribution >= 4 is 55.4 Å². The van der Waals surface area contributed by atoms with Gasteiger partial charge in [0.25, 0.3) is 5.91 Å². The van der Waals surface area contributed by atoms with Crippen molar-refractivity contribution in [3.63, 3.8) is 0 Å². The molecule has 0 aliphatic heterocycles. The predicted octanol–water partition coefficient (Wildman–Crippen LogP) is 5.56. The van der Waals surface area contributed by atoms with Crippen molar-refractivity contribution in [2.24, 2.45) is 0 Å². The van der Waals surface area contributed by atoms with E-state index >= 15 is 0 Å². The average Bonchev–Trinajstić information content (AvgIpc) is 3.04. The number of anilines is 1. The molecule has 2 aromatic heterocycles. The number of fused-ring (bicyclic) bond motifs is 1. The van der Waals surface area contributed by atoms with Crippen LogP contribution in [0.15, 0.2) is 29.6 Å². The minimum absolute atomic E-state index is 0.0330. The average molecular weight is 351 g/mol. The van der Waals surface area contributed by atoms with Crippen LogP contribution in [0.2, 0.25) is 5.02 Å². The number of thiazole rings is 1. The Morgan fingerprint density at radius 2 is 2.00 bits per heavy atom. The fraction of sp³-hybridized carbons (Fsp3) is 0.250. The smallest absolute Gasteiger partial charge is 0.269 e. The number of nitrogens with zero attached hydrogens (tertiary/aromatic N) is 1. The van der Waals surface area contributed by atoms with Crippen LogP contribution in [0.5, 0.6) is 0 Å². The van der Waals surface area contributed by atoms with E-state index in [1.165, 1.54) is 22.7 Å². The van der Waals surface area contributed by atoms with E-state index in [1.807, 2.05) is 29.6 Å². The summed E-state index contributed by atoms with van der Waals surface area (Å²) in [6.45, 7) is 6.28. The number of carbonyl (C=O) groups excluding carboxylic acids is 1. The second-order valence-electron chi connectivity index (χ2n) is 5.98. The van der Waals surface area contributed by atoms with E-state index in [1.54, 1.807) is 0 Å². The lowest BCUT2D eigenvalue weighted by molar-refractivity contribution is 0.103. The van der Waals surface area contributed by atoms with Gasteiger partial charge in [0.2, 0.25) is 0 Å². The lowest BCUT2D eigenvalue weighted by Gasteiger charge is -2.14. The predicted molar refractivity (Wildman–Crippen MR) is 95.6 cm³/mol. The summed E-state index contributed by atoms with van der Waals surface area (Å²) in [6, 6.07) is 7.74. The van der Waals surface area contributed by atoms with Gasteiger partial charge in [-0.1, -0.05) is 50.6 Å². The van der Waals surface area contributed by atoms with Crippen LogP contribution in [-0.2, 0) is 5.41 Å². The lowest BCUT2D eigenvalue weighted by atomic mass is 9.93. The Hall–Kier alpha value is -1.43. The normalized spacial score (nSPS) is 11.8. The van der Waals surface area contributed by atoms with Crippen molar-refractivity contribution in [1.29, 1.82) is 0 Å². The molecule has 0 spiro atoms. The summed E-state index contributed by atoms with van der Waals surface area (Å²) >= 11 is 9.16. The highest BCUT2D eigenvalue weighted by Gasteiger charge is 2.20. The summed E-state index contributed by atoms with van der Waals surface area (Å²) in [6.07, 6.45) is 0. The molecular formula is C16H15ClN2OS2. The summed E-state index contributed by atoms with van der Waals surface area (Å²) < 4.78 is 1.01. The molecule has 1 amide bonds. The number of thiophene rings is 1. The molecular weight excluding hydrogens is 336 g/mol. The molecule has 0 aliphatic carbocycles. The van der Waals surface area contributed by atoms with Gasteiger partial charge < -0.3 is 0 Å². The second-order valence-corrected chi connectivity index (χ2v) is 8.27. The third-order valence-electron chi connectivity index (χ3n) is 3.23. The van der Waals surface area contributed by atoms with Gasteiger partial charge in [0.05, 0.1) is 10.7 Å². The number of halogens is 1. The first kappa shape index (κ1) is 15.5. The second kappa shape index (κ2) is 5.65. The number of aromatic nitrogens is 1. The Bertz CT molecular complexity index is 845. The molecule has 0 saturated heterocycles. The highest BCUT2D eigenvalue weighted by molar-refractivity contribution is 7.21. The van der Waals surface area contributed by atoms with Crippen molar-refractivity contribution in [1.82, 2.24) is 4.98 Å². The molecule has 0 fully saturated rings. The Kier molecular flexibility index (Phi) is 3.97. The monoisotopic (exact) mass is 350 g/mol. The van der Waals surface area contributed by atoms with E-state index in [-0.39, 0.29) is 11.3 Å². The third-order valence-corrected chi connectivity index (χ3v) is 5.67. The molecule has 2 heterocycles. The van der Waals surface area contributed by atoms with Crippen LogP contribution in [-0.4, -0.2) is 10.9 Å². The molecule has 1 aromatic carbocycles. The number of hydrogen-bond donors (Lipinski definition) is 1. The van der Waals surface area contributed by atoms with Crippen LogP contribution in [0.4, 0.5) is 5.13 Å². The number of nitrogens with one attached hydrogen (secondary N) is 1. The molecule has 0 unspecified atom stereocenters. The molecule has 22 heavy (non-hydrogen) atoms. The van der Waals surface area contributed by atoms with Gasteiger partial charge in [-0.25, -0.2) is 4.98 Å². The van der Waals surface area contributed by atoms with Gasteiger partial charge in [0.15, 0.2) is 5.13 Å². The van der Waals surface area contributed by atoms with Gasteiger partial charge in [-0.05, 0) is 6.07 Å². The van der Waals surface area contributed by atoms with E-state index in [0.29, 0.717) is 15.0 Å². The standard InChI is InChI=1S/C16H15ClN2OS2/c1-16(2,3)11-8-21-15(18-11)19-14(20)13-12(17)9-6-4-5-7-10(9)22-13/h4-8H,1-3H3,(H,18,19,20). The molecule has 114 valence electrons. The molecule has 0 atom stereocenters. The largest absolute Gasteiger partial charge is 0.297 e. The van der Waals surface area contributed by atoms with Gasteiger partial charge in [0.1, 0.15) is 4.88 Å². The first-order valence-electron chi connectivity index (χ1n) is 6.80. The van der Waals surface area contributed by atoms with Crippen molar-refractivity contribution in [2.45, 2.75) is 26.2 Å². The number of hydrogen-bond acceptors (Lipinski definition) is 4. The summed E-state index contributed by atoms with van der Waals surface area (Å²) in [5.41, 5.74) is 0.935. The molecule has 0 bridgehead atoms. The van der Waals surface area contributed by atoms with E-state index in [2.05, 4.69) is 31.1 Å². The quantitative estimate of drug-likeness (QED) is 0.657. The first-order valence-corrected chi connectivity index (χ1v) is 8.88. The maximum Gasteiger partial charge on any atom is 0.269 e. The molecule has 3 aromatic rings. The molecule has 6 heteroatoms. The Morgan fingerprint density at radius 3 is 2.64 bits per heavy atom. The van der Waals surface area contributed by atoms with Crippen LogP contribution in [0.25, 0.3) is 10.1 Å². The van der Waals surface area contributed by atoms with Crippen LogP contribution >= 0.6 is 34.3 Å². The zero-order valence-electron chi connectivity index (χ0n) is 12.4. The van der Waals surface area contributed by atoms with Gasteiger partial charge in [-0.2, -0.15) is 0 Å². The zero-order chi connectivity index (χ0) is 15.9. The van der Waals surface area contributed by atoms with E-state index in [0.717, 1.165) is 15.8 Å².